The van der Waals surface area contributed by atoms with Crippen LogP contribution in [0, 0.1) is 0 Å². The second kappa shape index (κ2) is 6.03. The number of amides is 2. The molecule has 3 N–H and O–H groups in total. The maximum Gasteiger partial charge on any atom is 0.326 e. The van der Waals surface area contributed by atoms with Crippen LogP contribution in [-0.2, 0) is 17.8 Å². The average molecular weight is 284 g/mol. The largest absolute Gasteiger partial charge is 0.480 e. The Morgan fingerprint density at radius 1 is 1.53 bits per heavy atom. The van der Waals surface area contributed by atoms with Gasteiger partial charge in [0.1, 0.15) is 6.04 Å². The first-order chi connectivity index (χ1) is 9.11. The van der Waals surface area contributed by atoms with Gasteiger partial charge in [-0.05, 0) is 23.4 Å². The number of hydrogen-bond acceptors (Lipinski definition) is 4. The first-order valence-electron chi connectivity index (χ1n) is 6.06. The SMILES string of the molecule is O=C(O)C(CCO)NC(=O)N1CCc2sccc2C1. The molecule has 0 bridgehead atoms. The van der Waals surface area contributed by atoms with Crippen LogP contribution in [0.15, 0.2) is 11.4 Å². The van der Waals surface area contributed by atoms with Crippen LogP contribution in [-0.4, -0.2) is 46.3 Å². The number of nitrogens with one attached hydrogen (secondary N) is 1. The Kier molecular flexibility index (Phi) is 4.39. The fourth-order valence-electron chi connectivity index (χ4n) is 2.05. The molecule has 2 heterocycles. The van der Waals surface area contributed by atoms with Gasteiger partial charge in [-0.1, -0.05) is 0 Å². The van der Waals surface area contributed by atoms with E-state index in [0.29, 0.717) is 13.1 Å². The van der Waals surface area contributed by atoms with Gasteiger partial charge in [-0.15, -0.1) is 11.3 Å². The molecule has 1 aromatic heterocycles. The molecule has 0 radical (unpaired) electrons. The maximum atomic E-state index is 12.0. The number of nitrogens with zero attached hydrogens (tertiary/aromatic N) is 1. The van der Waals surface area contributed by atoms with Gasteiger partial charge in [-0.25, -0.2) is 9.59 Å². The van der Waals surface area contributed by atoms with Crippen LogP contribution in [0.5, 0.6) is 0 Å². The predicted molar refractivity (Wildman–Crippen MR) is 70.1 cm³/mol. The number of thiophene rings is 1. The molecule has 2 rings (SSSR count). The highest BCUT2D eigenvalue weighted by Gasteiger charge is 2.25. The van der Waals surface area contributed by atoms with Crippen molar-refractivity contribution in [2.75, 3.05) is 13.2 Å². The number of aliphatic hydroxyl groups is 1. The number of hydrogen-bond donors (Lipinski definition) is 3. The Morgan fingerprint density at radius 2 is 2.32 bits per heavy atom. The summed E-state index contributed by atoms with van der Waals surface area (Å²) in [5, 5.41) is 22.2. The number of carboxylic acid groups (broad SMARTS) is 1. The molecule has 0 aromatic carbocycles. The molecule has 1 aromatic rings. The van der Waals surface area contributed by atoms with Crippen LogP contribution >= 0.6 is 11.3 Å². The number of aliphatic carboxylic acids is 1. The molecule has 1 aliphatic rings. The van der Waals surface area contributed by atoms with E-state index in [0.717, 1.165) is 12.0 Å². The van der Waals surface area contributed by atoms with Crippen LogP contribution < -0.4 is 5.32 Å². The van der Waals surface area contributed by atoms with Crippen molar-refractivity contribution in [3.05, 3.63) is 21.9 Å². The van der Waals surface area contributed by atoms with Gasteiger partial charge < -0.3 is 20.4 Å². The summed E-state index contributed by atoms with van der Waals surface area (Å²) in [6.45, 7) is 0.826. The molecule has 0 aliphatic carbocycles. The van der Waals surface area contributed by atoms with Crippen LogP contribution in [0.25, 0.3) is 0 Å². The Balaban J connectivity index is 1.95. The minimum atomic E-state index is -1.13. The van der Waals surface area contributed by atoms with Crippen molar-refractivity contribution < 1.29 is 19.8 Å². The topological polar surface area (TPSA) is 89.9 Å². The monoisotopic (exact) mass is 284 g/mol. The lowest BCUT2D eigenvalue weighted by Gasteiger charge is -2.28. The summed E-state index contributed by atoms with van der Waals surface area (Å²) >= 11 is 1.68. The Bertz CT molecular complexity index is 474. The summed E-state index contributed by atoms with van der Waals surface area (Å²) in [4.78, 5) is 25.8. The van der Waals surface area contributed by atoms with E-state index in [1.165, 1.54) is 4.88 Å². The first kappa shape index (κ1) is 13.8. The molecule has 104 valence electrons. The highest BCUT2D eigenvalue weighted by molar-refractivity contribution is 7.10. The lowest BCUT2D eigenvalue weighted by molar-refractivity contribution is -0.139. The van der Waals surface area contributed by atoms with Crippen molar-refractivity contribution in [2.24, 2.45) is 0 Å². The van der Waals surface area contributed by atoms with Crippen molar-refractivity contribution in [3.63, 3.8) is 0 Å². The molecular formula is C12H16N2O4S. The van der Waals surface area contributed by atoms with E-state index < -0.39 is 18.0 Å². The number of rotatable bonds is 4. The lowest BCUT2D eigenvalue weighted by Crippen LogP contribution is -2.49. The summed E-state index contributed by atoms with van der Waals surface area (Å²) in [7, 11) is 0. The third-order valence-corrected chi connectivity index (χ3v) is 4.13. The van der Waals surface area contributed by atoms with Gasteiger partial charge in [0.25, 0.3) is 0 Å². The van der Waals surface area contributed by atoms with Gasteiger partial charge in [0.2, 0.25) is 0 Å². The Morgan fingerprint density at radius 3 is 3.00 bits per heavy atom. The summed E-state index contributed by atoms with van der Waals surface area (Å²) in [6.07, 6.45) is 0.816. The fraction of sp³-hybridized carbons (Fsp3) is 0.500. The normalized spacial score (nSPS) is 15.7. The predicted octanol–water partition coefficient (Wildman–Crippen LogP) is 0.651. The van der Waals surface area contributed by atoms with Crippen molar-refractivity contribution in [1.82, 2.24) is 10.2 Å². The third-order valence-electron chi connectivity index (χ3n) is 3.11. The zero-order chi connectivity index (χ0) is 13.8. The van der Waals surface area contributed by atoms with Crippen LogP contribution in [0.2, 0.25) is 0 Å². The number of carboxylic acids is 1. The molecule has 0 spiro atoms. The number of urea groups is 1. The van der Waals surface area contributed by atoms with Gasteiger partial charge >= 0.3 is 12.0 Å². The maximum absolute atomic E-state index is 12.0. The van der Waals surface area contributed by atoms with Gasteiger partial charge in [0.15, 0.2) is 0 Å². The fourth-order valence-corrected chi connectivity index (χ4v) is 2.94. The molecule has 0 fully saturated rings. The standard InChI is InChI=1S/C12H16N2O4S/c15-5-2-9(11(16)17)13-12(18)14-4-1-10-8(7-14)3-6-19-10/h3,6,9,15H,1-2,4-5,7H2,(H,13,18)(H,16,17). The van der Waals surface area contributed by atoms with Gasteiger partial charge in [-0.2, -0.15) is 0 Å². The Hall–Kier alpha value is -1.60. The second-order valence-corrected chi connectivity index (χ2v) is 5.39. The van der Waals surface area contributed by atoms with E-state index in [1.807, 2.05) is 11.4 Å². The first-order valence-corrected chi connectivity index (χ1v) is 6.94. The van der Waals surface area contributed by atoms with E-state index in [4.69, 9.17) is 10.2 Å². The van der Waals surface area contributed by atoms with Gasteiger partial charge in [0.05, 0.1) is 0 Å². The van der Waals surface area contributed by atoms with Crippen LogP contribution in [0.4, 0.5) is 4.79 Å². The van der Waals surface area contributed by atoms with Gasteiger partial charge in [-0.3, -0.25) is 0 Å². The second-order valence-electron chi connectivity index (χ2n) is 4.39. The average Bonchev–Trinajstić information content (AvgIpc) is 2.85. The van der Waals surface area contributed by atoms with Crippen molar-refractivity contribution in [2.45, 2.75) is 25.4 Å². The summed E-state index contributed by atoms with van der Waals surface area (Å²) in [5.74, 6) is -1.13. The zero-order valence-corrected chi connectivity index (χ0v) is 11.2. The number of carbonyl (C=O) groups excluding carboxylic acids is 1. The van der Waals surface area contributed by atoms with Crippen LogP contribution in [0.3, 0.4) is 0 Å². The summed E-state index contributed by atoms with van der Waals surface area (Å²) in [5.41, 5.74) is 1.13. The molecule has 0 saturated heterocycles. The van der Waals surface area contributed by atoms with E-state index in [2.05, 4.69) is 5.32 Å². The molecule has 19 heavy (non-hydrogen) atoms. The van der Waals surface area contributed by atoms with E-state index >= 15 is 0 Å². The Labute approximate surface area is 114 Å². The third kappa shape index (κ3) is 3.24. The molecule has 7 heteroatoms. The quantitative estimate of drug-likeness (QED) is 0.757. The molecule has 1 aliphatic heterocycles. The number of fused-ring (bicyclic) bond motifs is 1. The van der Waals surface area contributed by atoms with E-state index in [1.54, 1.807) is 16.2 Å². The molecule has 0 saturated carbocycles. The van der Waals surface area contributed by atoms with Crippen molar-refractivity contribution >= 4 is 23.3 Å². The van der Waals surface area contributed by atoms with Crippen molar-refractivity contribution in [3.8, 4) is 0 Å². The minimum Gasteiger partial charge on any atom is -0.480 e. The van der Waals surface area contributed by atoms with Crippen LogP contribution in [0.1, 0.15) is 16.9 Å². The number of carbonyl (C=O) groups is 2. The molecule has 2 amide bonds. The van der Waals surface area contributed by atoms with Crippen molar-refractivity contribution in [1.29, 1.82) is 0 Å². The molecule has 1 unspecified atom stereocenters. The van der Waals surface area contributed by atoms with Gasteiger partial charge in [0, 0.05) is 31.0 Å². The smallest absolute Gasteiger partial charge is 0.326 e. The molecule has 6 nitrogen and oxygen atoms in total. The van der Waals surface area contributed by atoms with E-state index in [9.17, 15) is 9.59 Å². The minimum absolute atomic E-state index is 0.0125. The summed E-state index contributed by atoms with van der Waals surface area (Å²) in [6, 6.07) is 0.557. The number of aliphatic hydroxyl groups excluding tert-OH is 1. The molecule has 1 atom stereocenters. The highest BCUT2D eigenvalue weighted by atomic mass is 32.1. The summed E-state index contributed by atoms with van der Waals surface area (Å²) < 4.78 is 0. The molecular weight excluding hydrogens is 268 g/mol. The highest BCUT2D eigenvalue weighted by Crippen LogP contribution is 2.23. The zero-order valence-electron chi connectivity index (χ0n) is 10.3. The lowest BCUT2D eigenvalue weighted by atomic mass is 10.1. The van der Waals surface area contributed by atoms with E-state index in [-0.39, 0.29) is 13.0 Å².